The number of carboxylic acid groups (broad SMARTS) is 1. The Balaban J connectivity index is 1.80. The zero-order chi connectivity index (χ0) is 27.1. The topological polar surface area (TPSA) is 223 Å². The van der Waals surface area contributed by atoms with Crippen molar-refractivity contribution >= 4 is 11.7 Å². The Bertz CT molecular complexity index is 998. The fraction of sp³-hybridized carbons (Fsp3) is 0.522. The van der Waals surface area contributed by atoms with Crippen LogP contribution in [0.25, 0.3) is 5.70 Å². The summed E-state index contributed by atoms with van der Waals surface area (Å²) in [6.07, 6.45) is -4.22. The largest absolute Gasteiger partial charge is 0.481 e. The van der Waals surface area contributed by atoms with Crippen molar-refractivity contribution in [2.24, 2.45) is 16.8 Å². The highest BCUT2D eigenvalue weighted by molar-refractivity contribution is 5.70. The molecule has 0 bridgehead atoms. The smallest absolute Gasteiger partial charge is 0.306 e. The second-order valence-corrected chi connectivity index (χ2v) is 8.85. The van der Waals surface area contributed by atoms with Gasteiger partial charge in [0.1, 0.15) is 35.9 Å². The Morgan fingerprint density at radius 3 is 2.62 bits per heavy atom. The van der Waals surface area contributed by atoms with Crippen LogP contribution in [0.1, 0.15) is 18.4 Å². The molecule has 1 aromatic rings. The third-order valence-corrected chi connectivity index (χ3v) is 6.45. The number of hydrogen-bond donors (Lipinski definition) is 9. The summed E-state index contributed by atoms with van der Waals surface area (Å²) in [5.74, 6) is -2.51. The van der Waals surface area contributed by atoms with Crippen LogP contribution in [0.3, 0.4) is 0 Å². The van der Waals surface area contributed by atoms with Crippen molar-refractivity contribution in [2.45, 2.75) is 61.7 Å². The molecule has 37 heavy (non-hydrogen) atoms. The van der Waals surface area contributed by atoms with Gasteiger partial charge in [0.2, 0.25) is 0 Å². The van der Waals surface area contributed by atoms with E-state index in [1.807, 2.05) is 0 Å². The SMILES string of the molecule is N=N/C(=C\NC1C(O)C(CO)OC(OC2CC(C(=O)O)CC(N/C=C\N)C2O)C1O)c1cccc(F)c1. The lowest BCUT2D eigenvalue weighted by molar-refractivity contribution is -0.302. The van der Waals surface area contributed by atoms with Crippen molar-refractivity contribution < 1.29 is 44.2 Å². The van der Waals surface area contributed by atoms with Crippen molar-refractivity contribution in [3.63, 3.8) is 0 Å². The molecule has 14 heteroatoms. The van der Waals surface area contributed by atoms with E-state index in [-0.39, 0.29) is 24.1 Å². The highest BCUT2D eigenvalue weighted by Gasteiger charge is 2.48. The van der Waals surface area contributed by atoms with E-state index in [0.717, 1.165) is 6.07 Å². The van der Waals surface area contributed by atoms with Gasteiger partial charge >= 0.3 is 5.97 Å². The van der Waals surface area contributed by atoms with Crippen LogP contribution in [-0.4, -0.2) is 87.0 Å². The molecule has 1 heterocycles. The quantitative estimate of drug-likeness (QED) is 0.172. The van der Waals surface area contributed by atoms with Crippen molar-refractivity contribution in [2.75, 3.05) is 6.61 Å². The van der Waals surface area contributed by atoms with Gasteiger partial charge in [0.15, 0.2) is 6.29 Å². The Labute approximate surface area is 211 Å². The minimum Gasteiger partial charge on any atom is -0.481 e. The lowest BCUT2D eigenvalue weighted by Crippen LogP contribution is -2.64. The first-order valence-electron chi connectivity index (χ1n) is 11.6. The molecule has 2 aliphatic rings. The molecule has 10 N–H and O–H groups in total. The molecule has 1 aliphatic carbocycles. The second kappa shape index (κ2) is 12.9. The number of ether oxygens (including phenoxy) is 2. The van der Waals surface area contributed by atoms with E-state index in [1.165, 1.54) is 36.8 Å². The zero-order valence-corrected chi connectivity index (χ0v) is 19.7. The molecule has 2 fully saturated rings. The number of carboxylic acids is 1. The lowest BCUT2D eigenvalue weighted by Gasteiger charge is -2.45. The first-order valence-corrected chi connectivity index (χ1v) is 11.6. The van der Waals surface area contributed by atoms with Gasteiger partial charge in [-0.05, 0) is 25.0 Å². The van der Waals surface area contributed by atoms with Gasteiger partial charge in [-0.1, -0.05) is 12.1 Å². The van der Waals surface area contributed by atoms with E-state index in [1.54, 1.807) is 0 Å². The molecule has 0 radical (unpaired) electrons. The molecule has 0 aromatic heterocycles. The molecule has 1 saturated carbocycles. The molecule has 9 unspecified atom stereocenters. The van der Waals surface area contributed by atoms with E-state index >= 15 is 0 Å². The molecule has 3 rings (SSSR count). The molecule has 9 atom stereocenters. The number of aliphatic hydroxyl groups excluding tert-OH is 4. The maximum atomic E-state index is 13.6. The lowest BCUT2D eigenvalue weighted by atomic mass is 9.81. The number of halogens is 1. The van der Waals surface area contributed by atoms with Crippen LogP contribution in [0.4, 0.5) is 4.39 Å². The molecule has 1 aromatic carbocycles. The van der Waals surface area contributed by atoms with Crippen molar-refractivity contribution in [3.05, 3.63) is 54.2 Å². The van der Waals surface area contributed by atoms with Gasteiger partial charge in [0, 0.05) is 24.2 Å². The number of hydrogen-bond acceptors (Lipinski definition) is 12. The Morgan fingerprint density at radius 1 is 1.24 bits per heavy atom. The van der Waals surface area contributed by atoms with Crippen LogP contribution in [-0.2, 0) is 14.3 Å². The fourth-order valence-electron chi connectivity index (χ4n) is 4.48. The molecule has 0 spiro atoms. The summed E-state index contributed by atoms with van der Waals surface area (Å²) in [7, 11) is 0. The number of rotatable bonds is 10. The maximum Gasteiger partial charge on any atom is 0.306 e. The highest BCUT2D eigenvalue weighted by Crippen LogP contribution is 2.31. The minimum atomic E-state index is -1.57. The second-order valence-electron chi connectivity index (χ2n) is 8.85. The van der Waals surface area contributed by atoms with E-state index < -0.39 is 73.2 Å². The van der Waals surface area contributed by atoms with Gasteiger partial charge in [0.05, 0.1) is 30.7 Å². The van der Waals surface area contributed by atoms with Gasteiger partial charge in [-0.2, -0.15) is 5.11 Å². The van der Waals surface area contributed by atoms with Crippen LogP contribution in [0.2, 0.25) is 0 Å². The summed E-state index contributed by atoms with van der Waals surface area (Å²) in [6, 6.07) is 3.40. The van der Waals surface area contributed by atoms with Gasteiger partial charge in [-0.15, -0.1) is 0 Å². The molecular formula is C23H32FN5O8. The van der Waals surface area contributed by atoms with Gasteiger partial charge in [0.25, 0.3) is 0 Å². The van der Waals surface area contributed by atoms with Crippen LogP contribution < -0.4 is 16.4 Å². The van der Waals surface area contributed by atoms with Crippen LogP contribution in [0, 0.1) is 17.3 Å². The Hall–Kier alpha value is -3.14. The summed E-state index contributed by atoms with van der Waals surface area (Å²) in [4.78, 5) is 11.7. The number of nitrogens with one attached hydrogen (secondary N) is 3. The summed E-state index contributed by atoms with van der Waals surface area (Å²) in [5, 5.41) is 60.5. The molecular weight excluding hydrogens is 493 g/mol. The van der Waals surface area contributed by atoms with Crippen LogP contribution >= 0.6 is 0 Å². The molecule has 1 aliphatic heterocycles. The summed E-state index contributed by atoms with van der Waals surface area (Å²) in [5.41, 5.74) is 13.0. The summed E-state index contributed by atoms with van der Waals surface area (Å²) in [6.45, 7) is -0.647. The average molecular weight is 526 g/mol. The van der Waals surface area contributed by atoms with Crippen molar-refractivity contribution in [1.82, 2.24) is 10.6 Å². The van der Waals surface area contributed by atoms with Gasteiger partial charge < -0.3 is 51.4 Å². The predicted octanol–water partition coefficient (Wildman–Crippen LogP) is -0.819. The monoisotopic (exact) mass is 525 g/mol. The standard InChI is InChI=1S/C23H32FN5O8/c24-13-3-1-2-11(6-13)15(29-26)9-28-18-20(32)17(10-30)37-23(21(18)33)36-16-8-12(22(34)35)7-14(19(16)31)27-5-4-25/h1-6,9,12,14,16-21,23,26-28,30-33H,7-8,10,25H2,(H,34,35)/b5-4-,15-9-,29-26?. The third kappa shape index (κ3) is 6.80. The predicted molar refractivity (Wildman–Crippen MR) is 126 cm³/mol. The van der Waals surface area contributed by atoms with E-state index in [2.05, 4.69) is 15.7 Å². The number of aliphatic hydroxyl groups is 4. The van der Waals surface area contributed by atoms with Crippen LogP contribution in [0.5, 0.6) is 0 Å². The molecule has 204 valence electrons. The highest BCUT2D eigenvalue weighted by atomic mass is 19.1. The number of nitrogens with zero attached hydrogens (tertiary/aromatic N) is 1. The van der Waals surface area contributed by atoms with Crippen molar-refractivity contribution in [1.29, 1.82) is 5.53 Å². The molecule has 0 amide bonds. The third-order valence-electron chi connectivity index (χ3n) is 6.45. The Kier molecular flexibility index (Phi) is 9.91. The number of aliphatic carboxylic acids is 1. The average Bonchev–Trinajstić information content (AvgIpc) is 2.87. The van der Waals surface area contributed by atoms with E-state index in [4.69, 9.17) is 20.7 Å². The summed E-state index contributed by atoms with van der Waals surface area (Å²) < 4.78 is 24.9. The van der Waals surface area contributed by atoms with Crippen molar-refractivity contribution in [3.8, 4) is 0 Å². The molecule has 1 saturated heterocycles. The van der Waals surface area contributed by atoms with Gasteiger partial charge in [-0.3, -0.25) is 4.79 Å². The maximum absolute atomic E-state index is 13.6. The van der Waals surface area contributed by atoms with E-state index in [9.17, 15) is 34.7 Å². The summed E-state index contributed by atoms with van der Waals surface area (Å²) >= 11 is 0. The first-order chi connectivity index (χ1) is 17.7. The Morgan fingerprint density at radius 2 is 2.00 bits per heavy atom. The molecule has 13 nitrogen and oxygen atoms in total. The first kappa shape index (κ1) is 28.4. The number of nitrogens with two attached hydrogens (primary N) is 1. The van der Waals surface area contributed by atoms with Crippen LogP contribution in [0.15, 0.2) is 48.0 Å². The fourth-order valence-corrected chi connectivity index (χ4v) is 4.48. The normalized spacial score (nSPS) is 34.7. The zero-order valence-electron chi connectivity index (χ0n) is 19.7. The van der Waals surface area contributed by atoms with E-state index in [0.29, 0.717) is 0 Å². The minimum absolute atomic E-state index is 0.00251. The number of benzene rings is 1. The van der Waals surface area contributed by atoms with Gasteiger partial charge in [-0.25, -0.2) is 9.92 Å². The number of carbonyl (C=O) groups is 1.